The summed E-state index contributed by atoms with van der Waals surface area (Å²) in [6, 6.07) is 3.81. The molecule has 0 aliphatic carbocycles. The molecule has 1 rings (SSSR count). The summed E-state index contributed by atoms with van der Waals surface area (Å²) in [6.45, 7) is 0. The molecule has 0 aliphatic heterocycles. The molecule has 3 N–H and O–H groups in total. The van der Waals surface area contributed by atoms with E-state index in [4.69, 9.17) is 10.8 Å². The van der Waals surface area contributed by atoms with Crippen LogP contribution in [0.5, 0.6) is 0 Å². The Morgan fingerprint density at radius 1 is 1.44 bits per heavy atom. The monoisotopic (exact) mass is 247 g/mol. The van der Waals surface area contributed by atoms with E-state index in [9.17, 15) is 14.0 Å². The minimum atomic E-state index is -1.25. The highest BCUT2D eigenvalue weighted by Crippen LogP contribution is 2.07. The van der Waals surface area contributed by atoms with Gasteiger partial charge in [0.15, 0.2) is 5.78 Å². The van der Waals surface area contributed by atoms with Crippen LogP contribution in [-0.2, 0) is 4.79 Å². The van der Waals surface area contributed by atoms with E-state index in [-0.39, 0.29) is 24.4 Å². The van der Waals surface area contributed by atoms with Crippen LogP contribution in [0, 0.1) is 5.82 Å². The molecule has 88 valence electrons. The van der Waals surface area contributed by atoms with E-state index in [1.54, 1.807) is 0 Å². The van der Waals surface area contributed by atoms with Crippen molar-refractivity contribution in [2.75, 3.05) is 0 Å². The summed E-state index contributed by atoms with van der Waals surface area (Å²) in [6.07, 6.45) is -0.335. The quantitative estimate of drug-likeness (QED) is 0.785. The van der Waals surface area contributed by atoms with Crippen molar-refractivity contribution in [1.82, 2.24) is 0 Å². The minimum Gasteiger partial charge on any atom is -0.480 e. The fourth-order valence-corrected chi connectivity index (χ4v) is 1.07. The van der Waals surface area contributed by atoms with E-state index >= 15 is 0 Å². The zero-order chi connectivity index (χ0) is 11.4. The Balaban J connectivity index is 0.00000225. The van der Waals surface area contributed by atoms with Gasteiger partial charge < -0.3 is 10.8 Å². The molecule has 0 saturated carbocycles. The number of hydrogen-bond donors (Lipinski definition) is 2. The van der Waals surface area contributed by atoms with Gasteiger partial charge in [-0.1, -0.05) is 12.1 Å². The molecule has 16 heavy (non-hydrogen) atoms. The van der Waals surface area contributed by atoms with Crippen LogP contribution in [0.1, 0.15) is 16.8 Å². The van der Waals surface area contributed by atoms with E-state index < -0.39 is 23.6 Å². The topological polar surface area (TPSA) is 80.4 Å². The summed E-state index contributed by atoms with van der Waals surface area (Å²) in [5, 5.41) is 8.48. The number of hydrogen-bond acceptors (Lipinski definition) is 3. The summed E-state index contributed by atoms with van der Waals surface area (Å²) in [5.41, 5.74) is 5.31. The summed E-state index contributed by atoms with van der Waals surface area (Å²) >= 11 is 0. The molecule has 4 nitrogen and oxygen atoms in total. The van der Waals surface area contributed by atoms with E-state index in [2.05, 4.69) is 0 Å². The summed E-state index contributed by atoms with van der Waals surface area (Å²) < 4.78 is 12.7. The number of carboxylic acids is 1. The number of halogens is 2. The third-order valence-corrected chi connectivity index (χ3v) is 1.87. The molecular weight excluding hydrogens is 237 g/mol. The SMILES string of the molecule is Cl.NC(CC(=O)c1cccc(F)c1)C(=O)O. The molecule has 0 radical (unpaired) electrons. The molecular formula is C10H11ClFNO3. The van der Waals surface area contributed by atoms with E-state index in [1.807, 2.05) is 0 Å². The number of ketones is 1. The largest absolute Gasteiger partial charge is 0.480 e. The minimum absolute atomic E-state index is 0. The Morgan fingerprint density at radius 2 is 2.06 bits per heavy atom. The van der Waals surface area contributed by atoms with Gasteiger partial charge in [-0.15, -0.1) is 12.4 Å². The molecule has 0 fully saturated rings. The van der Waals surface area contributed by atoms with Crippen LogP contribution in [-0.4, -0.2) is 22.9 Å². The number of carbonyl (C=O) groups is 2. The Bertz CT molecular complexity index is 397. The van der Waals surface area contributed by atoms with Crippen molar-refractivity contribution in [2.24, 2.45) is 5.73 Å². The van der Waals surface area contributed by atoms with Crippen LogP contribution in [0.4, 0.5) is 4.39 Å². The average molecular weight is 248 g/mol. The smallest absolute Gasteiger partial charge is 0.320 e. The van der Waals surface area contributed by atoms with Gasteiger partial charge in [-0.25, -0.2) is 4.39 Å². The molecule has 1 aromatic carbocycles. The predicted molar refractivity (Wildman–Crippen MR) is 58.2 cm³/mol. The zero-order valence-electron chi connectivity index (χ0n) is 8.22. The van der Waals surface area contributed by atoms with Crippen LogP contribution in [0.3, 0.4) is 0 Å². The Kier molecular flexibility index (Phi) is 5.63. The van der Waals surface area contributed by atoms with Gasteiger partial charge in [0.1, 0.15) is 11.9 Å². The van der Waals surface area contributed by atoms with Gasteiger partial charge in [-0.05, 0) is 12.1 Å². The summed E-state index contributed by atoms with van der Waals surface area (Å²) in [4.78, 5) is 21.8. The fraction of sp³-hybridized carbons (Fsp3) is 0.200. The van der Waals surface area contributed by atoms with Gasteiger partial charge in [-0.2, -0.15) is 0 Å². The van der Waals surface area contributed by atoms with Crippen molar-refractivity contribution in [2.45, 2.75) is 12.5 Å². The molecule has 1 aromatic rings. The second-order valence-corrected chi connectivity index (χ2v) is 3.08. The first-order chi connectivity index (χ1) is 7.00. The highest BCUT2D eigenvalue weighted by atomic mass is 35.5. The maximum atomic E-state index is 12.7. The number of nitrogens with two attached hydrogens (primary N) is 1. The highest BCUT2D eigenvalue weighted by Gasteiger charge is 2.17. The van der Waals surface area contributed by atoms with Crippen molar-refractivity contribution in [3.05, 3.63) is 35.6 Å². The van der Waals surface area contributed by atoms with Crippen LogP contribution < -0.4 is 5.73 Å². The van der Waals surface area contributed by atoms with Crippen molar-refractivity contribution >= 4 is 24.2 Å². The zero-order valence-corrected chi connectivity index (χ0v) is 9.04. The molecule has 0 bridgehead atoms. The normalized spacial score (nSPS) is 11.4. The lowest BCUT2D eigenvalue weighted by atomic mass is 10.0. The van der Waals surface area contributed by atoms with Crippen LogP contribution in [0.15, 0.2) is 24.3 Å². The summed E-state index contributed by atoms with van der Waals surface area (Å²) in [5.74, 6) is -2.27. The van der Waals surface area contributed by atoms with Crippen LogP contribution >= 0.6 is 12.4 Å². The molecule has 1 atom stereocenters. The molecule has 0 saturated heterocycles. The Morgan fingerprint density at radius 3 is 2.56 bits per heavy atom. The molecule has 0 aromatic heterocycles. The van der Waals surface area contributed by atoms with Crippen molar-refractivity contribution in [1.29, 1.82) is 0 Å². The number of carbonyl (C=O) groups excluding carboxylic acids is 1. The first-order valence-corrected chi connectivity index (χ1v) is 4.28. The Hall–Kier alpha value is -1.46. The van der Waals surface area contributed by atoms with Gasteiger partial charge >= 0.3 is 5.97 Å². The van der Waals surface area contributed by atoms with Crippen LogP contribution in [0.25, 0.3) is 0 Å². The Labute approximate surface area is 97.7 Å². The lowest BCUT2D eigenvalue weighted by Gasteiger charge is -2.05. The fourth-order valence-electron chi connectivity index (χ4n) is 1.07. The second-order valence-electron chi connectivity index (χ2n) is 3.08. The molecule has 0 amide bonds. The van der Waals surface area contributed by atoms with Crippen molar-refractivity contribution < 1.29 is 19.1 Å². The molecule has 0 heterocycles. The van der Waals surface area contributed by atoms with E-state index in [0.717, 1.165) is 6.07 Å². The average Bonchev–Trinajstić information content (AvgIpc) is 2.17. The number of aliphatic carboxylic acids is 1. The summed E-state index contributed by atoms with van der Waals surface area (Å²) in [7, 11) is 0. The van der Waals surface area contributed by atoms with Gasteiger partial charge in [0, 0.05) is 12.0 Å². The first kappa shape index (κ1) is 14.5. The standard InChI is InChI=1S/C10H10FNO3.ClH/c11-7-3-1-2-6(4-7)9(13)5-8(12)10(14)15;/h1-4,8H,5,12H2,(H,14,15);1H. The van der Waals surface area contributed by atoms with E-state index in [1.165, 1.54) is 18.2 Å². The first-order valence-electron chi connectivity index (χ1n) is 4.28. The molecule has 6 heteroatoms. The second kappa shape index (κ2) is 6.19. The van der Waals surface area contributed by atoms with Gasteiger partial charge in [0.05, 0.1) is 0 Å². The lowest BCUT2D eigenvalue weighted by molar-refractivity contribution is -0.138. The number of carboxylic acid groups (broad SMARTS) is 1. The van der Waals surface area contributed by atoms with E-state index in [0.29, 0.717) is 0 Å². The van der Waals surface area contributed by atoms with Gasteiger partial charge in [-0.3, -0.25) is 9.59 Å². The van der Waals surface area contributed by atoms with Gasteiger partial charge in [0.2, 0.25) is 0 Å². The third kappa shape index (κ3) is 3.96. The highest BCUT2D eigenvalue weighted by molar-refractivity contribution is 5.98. The molecule has 0 spiro atoms. The molecule has 1 unspecified atom stereocenters. The van der Waals surface area contributed by atoms with Crippen molar-refractivity contribution in [3.8, 4) is 0 Å². The van der Waals surface area contributed by atoms with Gasteiger partial charge in [0.25, 0.3) is 0 Å². The maximum Gasteiger partial charge on any atom is 0.320 e. The molecule has 0 aliphatic rings. The predicted octanol–water partition coefficient (Wildman–Crippen LogP) is 1.23. The number of Topliss-reactive ketones (excluding diaryl/α,β-unsaturated/α-hetero) is 1. The van der Waals surface area contributed by atoms with Crippen molar-refractivity contribution in [3.63, 3.8) is 0 Å². The third-order valence-electron chi connectivity index (χ3n) is 1.87. The number of rotatable bonds is 4. The lowest BCUT2D eigenvalue weighted by Crippen LogP contribution is -2.32. The van der Waals surface area contributed by atoms with Crippen LogP contribution in [0.2, 0.25) is 0 Å². The number of benzene rings is 1. The maximum absolute atomic E-state index is 12.7.